The molecule has 0 saturated carbocycles. The van der Waals surface area contributed by atoms with Crippen LogP contribution in [0, 0.1) is 0 Å². The largest absolute Gasteiger partial charge is 0.378 e. The van der Waals surface area contributed by atoms with Gasteiger partial charge in [0, 0.05) is 12.6 Å². The summed E-state index contributed by atoms with van der Waals surface area (Å²) in [5, 5.41) is 0. The predicted octanol–water partition coefficient (Wildman–Crippen LogP) is 0.903. The zero-order valence-corrected chi connectivity index (χ0v) is 5.97. The van der Waals surface area contributed by atoms with E-state index in [0.717, 1.165) is 13.0 Å². The monoisotopic (exact) mass is 129 g/mol. The fourth-order valence-electron chi connectivity index (χ4n) is 1.24. The third-order valence-corrected chi connectivity index (χ3v) is 1.66. The van der Waals surface area contributed by atoms with E-state index in [9.17, 15) is 0 Å². The summed E-state index contributed by atoms with van der Waals surface area (Å²) in [5.41, 5.74) is 5.59. The summed E-state index contributed by atoms with van der Waals surface area (Å²) in [6, 6.07) is 0.299. The minimum Gasteiger partial charge on any atom is -0.378 e. The minimum absolute atomic E-state index is 0.299. The van der Waals surface area contributed by atoms with Crippen molar-refractivity contribution in [1.29, 1.82) is 0 Å². The number of nitrogens with two attached hydrogens (primary N) is 1. The van der Waals surface area contributed by atoms with Crippen LogP contribution in [-0.4, -0.2) is 18.8 Å². The summed E-state index contributed by atoms with van der Waals surface area (Å²) in [6.45, 7) is 2.97. The molecule has 0 spiro atoms. The molecule has 0 amide bonds. The lowest BCUT2D eigenvalue weighted by Gasteiger charge is -2.10. The molecule has 1 aliphatic rings. The highest BCUT2D eigenvalue weighted by Crippen LogP contribution is 2.15. The van der Waals surface area contributed by atoms with Gasteiger partial charge in [-0.2, -0.15) is 0 Å². The van der Waals surface area contributed by atoms with E-state index < -0.39 is 0 Å². The van der Waals surface area contributed by atoms with E-state index in [1.54, 1.807) is 0 Å². The lowest BCUT2D eigenvalue weighted by molar-refractivity contribution is 0.0997. The van der Waals surface area contributed by atoms with Gasteiger partial charge in [0.05, 0.1) is 6.10 Å². The molecule has 1 saturated heterocycles. The van der Waals surface area contributed by atoms with Crippen molar-refractivity contribution in [3.63, 3.8) is 0 Å². The second-order valence-corrected chi connectivity index (χ2v) is 2.85. The van der Waals surface area contributed by atoms with Crippen LogP contribution in [0.25, 0.3) is 0 Å². The average Bonchev–Trinajstić information content (AvgIpc) is 2.15. The number of ether oxygens (including phenoxy) is 1. The van der Waals surface area contributed by atoms with E-state index in [1.165, 1.54) is 12.8 Å². The van der Waals surface area contributed by atoms with Gasteiger partial charge < -0.3 is 10.5 Å². The van der Waals surface area contributed by atoms with Gasteiger partial charge in [-0.1, -0.05) is 0 Å². The standard InChI is InChI=1S/C7H15NO/c1-6(8)5-7-3-2-4-9-7/h6-7H,2-5,8H2,1H3/t6-,7-/m0/s1. The highest BCUT2D eigenvalue weighted by atomic mass is 16.5. The maximum atomic E-state index is 5.59. The van der Waals surface area contributed by atoms with Crippen molar-refractivity contribution in [2.45, 2.75) is 38.3 Å². The summed E-state index contributed by atoms with van der Waals surface area (Å²) in [5.74, 6) is 0. The van der Waals surface area contributed by atoms with E-state index in [1.807, 2.05) is 6.92 Å². The topological polar surface area (TPSA) is 35.2 Å². The van der Waals surface area contributed by atoms with Crippen molar-refractivity contribution < 1.29 is 4.74 Å². The van der Waals surface area contributed by atoms with Crippen LogP contribution in [0.5, 0.6) is 0 Å². The normalized spacial score (nSPS) is 30.7. The molecule has 1 heterocycles. The second kappa shape index (κ2) is 3.18. The lowest BCUT2D eigenvalue weighted by Crippen LogP contribution is -2.22. The van der Waals surface area contributed by atoms with Crippen molar-refractivity contribution in [3.8, 4) is 0 Å². The Hall–Kier alpha value is -0.0800. The molecule has 1 aliphatic heterocycles. The quantitative estimate of drug-likeness (QED) is 0.601. The van der Waals surface area contributed by atoms with Gasteiger partial charge in [-0.25, -0.2) is 0 Å². The molecule has 2 heteroatoms. The molecule has 9 heavy (non-hydrogen) atoms. The van der Waals surface area contributed by atoms with Crippen LogP contribution in [-0.2, 0) is 4.74 Å². The zero-order chi connectivity index (χ0) is 6.69. The third kappa shape index (κ3) is 2.33. The molecule has 0 aliphatic carbocycles. The molecule has 2 nitrogen and oxygen atoms in total. The molecule has 0 aromatic rings. The van der Waals surface area contributed by atoms with Gasteiger partial charge in [0.1, 0.15) is 0 Å². The first kappa shape index (κ1) is 7.03. The third-order valence-electron chi connectivity index (χ3n) is 1.66. The zero-order valence-electron chi connectivity index (χ0n) is 5.97. The maximum absolute atomic E-state index is 5.59. The number of hydrogen-bond acceptors (Lipinski definition) is 2. The van der Waals surface area contributed by atoms with E-state index >= 15 is 0 Å². The number of hydrogen-bond donors (Lipinski definition) is 1. The fraction of sp³-hybridized carbons (Fsp3) is 1.00. The Bertz CT molecular complexity index is 77.0. The molecule has 1 fully saturated rings. The molecule has 54 valence electrons. The van der Waals surface area contributed by atoms with Crippen LogP contribution in [0.1, 0.15) is 26.2 Å². The van der Waals surface area contributed by atoms with Gasteiger partial charge in [0.25, 0.3) is 0 Å². The summed E-state index contributed by atoms with van der Waals surface area (Å²) in [6.07, 6.45) is 3.92. The van der Waals surface area contributed by atoms with Crippen LogP contribution < -0.4 is 5.73 Å². The Morgan fingerprint density at radius 1 is 1.78 bits per heavy atom. The summed E-state index contributed by atoms with van der Waals surface area (Å²) >= 11 is 0. The average molecular weight is 129 g/mol. The molecule has 0 aromatic heterocycles. The molecule has 0 bridgehead atoms. The molecule has 0 radical (unpaired) electrons. The van der Waals surface area contributed by atoms with Gasteiger partial charge in [-0.05, 0) is 26.2 Å². The van der Waals surface area contributed by atoms with E-state index in [2.05, 4.69) is 0 Å². The van der Waals surface area contributed by atoms with Gasteiger partial charge in [0.15, 0.2) is 0 Å². The van der Waals surface area contributed by atoms with Crippen molar-refractivity contribution in [2.75, 3.05) is 6.61 Å². The molecule has 2 N–H and O–H groups in total. The maximum Gasteiger partial charge on any atom is 0.0590 e. The summed E-state index contributed by atoms with van der Waals surface area (Å²) < 4.78 is 5.38. The predicted molar refractivity (Wildman–Crippen MR) is 37.2 cm³/mol. The van der Waals surface area contributed by atoms with Crippen LogP contribution in [0.15, 0.2) is 0 Å². The molecule has 2 atom stereocenters. The fourth-order valence-corrected chi connectivity index (χ4v) is 1.24. The van der Waals surface area contributed by atoms with E-state index in [4.69, 9.17) is 10.5 Å². The Balaban J connectivity index is 2.11. The minimum atomic E-state index is 0.299. The number of rotatable bonds is 2. The van der Waals surface area contributed by atoms with Crippen molar-refractivity contribution >= 4 is 0 Å². The van der Waals surface area contributed by atoms with E-state index in [-0.39, 0.29) is 0 Å². The van der Waals surface area contributed by atoms with Gasteiger partial charge in [-0.3, -0.25) is 0 Å². The molecular weight excluding hydrogens is 114 g/mol. The Labute approximate surface area is 56.4 Å². The highest BCUT2D eigenvalue weighted by molar-refractivity contribution is 4.68. The first-order valence-electron chi connectivity index (χ1n) is 3.66. The van der Waals surface area contributed by atoms with Crippen LogP contribution in [0.2, 0.25) is 0 Å². The summed E-state index contributed by atoms with van der Waals surface area (Å²) in [7, 11) is 0. The Morgan fingerprint density at radius 3 is 3.00 bits per heavy atom. The smallest absolute Gasteiger partial charge is 0.0590 e. The Kier molecular flexibility index (Phi) is 2.49. The van der Waals surface area contributed by atoms with Crippen LogP contribution >= 0.6 is 0 Å². The highest BCUT2D eigenvalue weighted by Gasteiger charge is 2.15. The van der Waals surface area contributed by atoms with Crippen LogP contribution in [0.3, 0.4) is 0 Å². The summed E-state index contributed by atoms with van der Waals surface area (Å²) in [4.78, 5) is 0. The Morgan fingerprint density at radius 2 is 2.56 bits per heavy atom. The van der Waals surface area contributed by atoms with Gasteiger partial charge >= 0.3 is 0 Å². The van der Waals surface area contributed by atoms with Crippen molar-refractivity contribution in [1.82, 2.24) is 0 Å². The first-order chi connectivity index (χ1) is 4.29. The van der Waals surface area contributed by atoms with Crippen molar-refractivity contribution in [2.24, 2.45) is 5.73 Å². The van der Waals surface area contributed by atoms with Crippen LogP contribution in [0.4, 0.5) is 0 Å². The first-order valence-corrected chi connectivity index (χ1v) is 3.66. The second-order valence-electron chi connectivity index (χ2n) is 2.85. The molecule has 0 unspecified atom stereocenters. The lowest BCUT2D eigenvalue weighted by atomic mass is 10.1. The van der Waals surface area contributed by atoms with Gasteiger partial charge in [0.2, 0.25) is 0 Å². The van der Waals surface area contributed by atoms with Crippen molar-refractivity contribution in [3.05, 3.63) is 0 Å². The molecular formula is C7H15NO. The molecule has 0 aromatic carbocycles. The SMILES string of the molecule is C[C@H](N)C[C@@H]1CCCO1. The van der Waals surface area contributed by atoms with E-state index in [0.29, 0.717) is 12.1 Å². The molecule has 1 rings (SSSR count). The van der Waals surface area contributed by atoms with Gasteiger partial charge in [-0.15, -0.1) is 0 Å².